The molecular weight excluding hydrogens is 667 g/mol. The molecule has 0 spiro atoms. The SMILES string of the molecule is C(#C[Si](c1ccccc1)(c1ccccc1)c1ccccc1)c1c2ccccc2c(-n2c3ccccc3c3cc(-c4ccccc4)ccc32)c2ccccc12. The van der Waals surface area contributed by atoms with Gasteiger partial charge in [0.25, 0.3) is 0 Å². The van der Waals surface area contributed by atoms with E-state index in [0.29, 0.717) is 0 Å². The molecule has 1 aromatic heterocycles. The Hall–Kier alpha value is -6.92. The second-order valence-electron chi connectivity index (χ2n) is 13.9. The van der Waals surface area contributed by atoms with Gasteiger partial charge in [-0.1, -0.05) is 200 Å². The van der Waals surface area contributed by atoms with Gasteiger partial charge < -0.3 is 4.57 Å². The van der Waals surface area contributed by atoms with Crippen LogP contribution in [0.2, 0.25) is 0 Å². The lowest BCUT2D eigenvalue weighted by Gasteiger charge is -2.28. The summed E-state index contributed by atoms with van der Waals surface area (Å²) in [6, 6.07) is 76.9. The summed E-state index contributed by atoms with van der Waals surface area (Å²) < 4.78 is 2.48. The largest absolute Gasteiger partial charge is 0.308 e. The minimum atomic E-state index is -2.82. The molecule has 0 saturated carbocycles. The van der Waals surface area contributed by atoms with E-state index in [2.05, 4.69) is 228 Å². The monoisotopic (exact) mass is 701 g/mol. The van der Waals surface area contributed by atoms with E-state index >= 15 is 0 Å². The molecule has 0 fully saturated rings. The number of para-hydroxylation sites is 1. The van der Waals surface area contributed by atoms with Crippen molar-refractivity contribution in [3.8, 4) is 28.3 Å². The molecule has 2 heteroatoms. The van der Waals surface area contributed by atoms with Crippen LogP contribution in [0.25, 0.3) is 60.2 Å². The Morgan fingerprint density at radius 1 is 0.333 bits per heavy atom. The summed E-state index contributed by atoms with van der Waals surface area (Å²) in [6.07, 6.45) is 0. The summed E-state index contributed by atoms with van der Waals surface area (Å²) in [7, 11) is -2.82. The van der Waals surface area contributed by atoms with Gasteiger partial charge in [-0.15, -0.1) is 5.54 Å². The molecule has 0 aliphatic carbocycles. The fourth-order valence-corrected chi connectivity index (χ4v) is 12.3. The molecular formula is C52H35NSi. The highest BCUT2D eigenvalue weighted by Crippen LogP contribution is 2.41. The zero-order valence-electron chi connectivity index (χ0n) is 29.7. The number of hydrogen-bond donors (Lipinski definition) is 0. The van der Waals surface area contributed by atoms with Crippen molar-refractivity contribution in [2.45, 2.75) is 0 Å². The van der Waals surface area contributed by atoms with Gasteiger partial charge in [0.1, 0.15) is 0 Å². The first-order valence-corrected chi connectivity index (χ1v) is 20.5. The predicted octanol–water partition coefficient (Wildman–Crippen LogP) is 10.8. The second kappa shape index (κ2) is 13.2. The highest BCUT2D eigenvalue weighted by molar-refractivity contribution is 7.16. The van der Waals surface area contributed by atoms with Crippen molar-refractivity contribution in [1.29, 1.82) is 0 Å². The van der Waals surface area contributed by atoms with E-state index in [1.165, 1.54) is 65.0 Å². The van der Waals surface area contributed by atoms with Gasteiger partial charge in [-0.3, -0.25) is 0 Å². The Morgan fingerprint density at radius 2 is 0.759 bits per heavy atom. The van der Waals surface area contributed by atoms with E-state index in [-0.39, 0.29) is 0 Å². The first-order chi connectivity index (χ1) is 26.8. The van der Waals surface area contributed by atoms with Gasteiger partial charge in [0.05, 0.1) is 16.7 Å². The first-order valence-electron chi connectivity index (χ1n) is 18.5. The lowest BCUT2D eigenvalue weighted by atomic mass is 9.94. The maximum atomic E-state index is 4.10. The average Bonchev–Trinajstić information content (AvgIpc) is 3.58. The number of aromatic nitrogens is 1. The number of rotatable bonds is 5. The van der Waals surface area contributed by atoms with E-state index < -0.39 is 8.07 Å². The predicted molar refractivity (Wildman–Crippen MR) is 232 cm³/mol. The molecule has 1 heterocycles. The molecule has 0 aliphatic heterocycles. The standard InChI is InChI=1S/C52H35NSi/c1-5-19-38(20-6-1)39-33-34-51-49(37-39)46-29-17-18-32-50(46)53(51)52-47-30-15-13-27-43(47)45(44-28-14-16-31-48(44)52)35-36-54(40-21-7-2-8-22-40,41-23-9-3-10-24-41)42-25-11-4-12-26-42/h1-34,37H. The number of nitrogens with zero attached hydrogens (tertiary/aromatic N) is 1. The van der Waals surface area contributed by atoms with E-state index in [4.69, 9.17) is 0 Å². The molecule has 10 rings (SSSR count). The molecule has 1 nitrogen and oxygen atoms in total. The fourth-order valence-electron chi connectivity index (χ4n) is 8.44. The maximum Gasteiger partial charge on any atom is 0.230 e. The first kappa shape index (κ1) is 31.8. The molecule has 0 atom stereocenters. The van der Waals surface area contributed by atoms with Gasteiger partial charge >= 0.3 is 0 Å². The smallest absolute Gasteiger partial charge is 0.230 e. The van der Waals surface area contributed by atoms with Gasteiger partial charge in [0, 0.05) is 37.9 Å². The van der Waals surface area contributed by atoms with Crippen LogP contribution in [0.1, 0.15) is 5.56 Å². The second-order valence-corrected chi connectivity index (χ2v) is 17.3. The fraction of sp³-hybridized carbons (Fsp3) is 0. The van der Waals surface area contributed by atoms with Crippen LogP contribution in [-0.2, 0) is 0 Å². The Morgan fingerprint density at radius 3 is 1.30 bits per heavy atom. The third-order valence-corrected chi connectivity index (χ3v) is 15.0. The Labute approximate surface area is 316 Å². The molecule has 54 heavy (non-hydrogen) atoms. The van der Waals surface area contributed by atoms with Crippen molar-refractivity contribution in [1.82, 2.24) is 4.57 Å². The van der Waals surface area contributed by atoms with Gasteiger partial charge in [0.2, 0.25) is 8.07 Å². The summed E-state index contributed by atoms with van der Waals surface area (Å²) in [6.45, 7) is 0. The summed E-state index contributed by atoms with van der Waals surface area (Å²) in [5, 5.41) is 11.0. The zero-order valence-corrected chi connectivity index (χ0v) is 30.7. The molecule has 0 aliphatic rings. The third-order valence-electron chi connectivity index (χ3n) is 10.9. The van der Waals surface area contributed by atoms with Crippen LogP contribution in [0.5, 0.6) is 0 Å². The summed E-state index contributed by atoms with van der Waals surface area (Å²) in [4.78, 5) is 0. The molecule has 9 aromatic carbocycles. The molecule has 0 amide bonds. The van der Waals surface area contributed by atoms with Crippen LogP contribution in [0.15, 0.2) is 212 Å². The highest BCUT2D eigenvalue weighted by Gasteiger charge is 2.38. The lowest BCUT2D eigenvalue weighted by Crippen LogP contribution is -2.66. The Balaban J connectivity index is 1.29. The van der Waals surface area contributed by atoms with E-state index in [1.807, 2.05) is 0 Å². The number of fused-ring (bicyclic) bond motifs is 5. The van der Waals surface area contributed by atoms with E-state index in [9.17, 15) is 0 Å². The average molecular weight is 702 g/mol. The Kier molecular flexibility index (Phi) is 7.80. The molecule has 0 radical (unpaired) electrons. The van der Waals surface area contributed by atoms with Crippen molar-refractivity contribution in [3.63, 3.8) is 0 Å². The molecule has 252 valence electrons. The molecule has 0 saturated heterocycles. The minimum absolute atomic E-state index is 1.07. The summed E-state index contributed by atoms with van der Waals surface area (Å²) >= 11 is 0. The maximum absolute atomic E-state index is 4.10. The van der Waals surface area contributed by atoms with Crippen molar-refractivity contribution >= 4 is 67.0 Å². The van der Waals surface area contributed by atoms with Crippen LogP contribution in [0, 0.1) is 11.5 Å². The van der Waals surface area contributed by atoms with Gasteiger partial charge in [0.15, 0.2) is 0 Å². The van der Waals surface area contributed by atoms with Gasteiger partial charge in [-0.05, 0) is 44.9 Å². The van der Waals surface area contributed by atoms with E-state index in [0.717, 1.165) is 16.3 Å². The highest BCUT2D eigenvalue weighted by atomic mass is 28.3. The van der Waals surface area contributed by atoms with Crippen molar-refractivity contribution in [2.24, 2.45) is 0 Å². The lowest BCUT2D eigenvalue weighted by molar-refractivity contribution is 1.21. The quantitative estimate of drug-likeness (QED) is 0.0729. The van der Waals surface area contributed by atoms with Crippen molar-refractivity contribution in [2.75, 3.05) is 0 Å². The number of benzene rings is 9. The minimum Gasteiger partial charge on any atom is -0.308 e. The zero-order chi connectivity index (χ0) is 35.9. The molecule has 10 aromatic rings. The van der Waals surface area contributed by atoms with Crippen LogP contribution < -0.4 is 15.6 Å². The van der Waals surface area contributed by atoms with Crippen LogP contribution >= 0.6 is 0 Å². The van der Waals surface area contributed by atoms with Crippen molar-refractivity contribution in [3.05, 3.63) is 218 Å². The normalized spacial score (nSPS) is 11.6. The summed E-state index contributed by atoms with van der Waals surface area (Å²) in [5.74, 6) is 3.94. The van der Waals surface area contributed by atoms with Crippen LogP contribution in [-0.4, -0.2) is 12.6 Å². The topological polar surface area (TPSA) is 4.93 Å². The van der Waals surface area contributed by atoms with Crippen LogP contribution in [0.3, 0.4) is 0 Å². The Bertz CT molecular complexity index is 2870. The van der Waals surface area contributed by atoms with Gasteiger partial charge in [-0.25, -0.2) is 0 Å². The molecule has 0 unspecified atom stereocenters. The number of hydrogen-bond acceptors (Lipinski definition) is 0. The van der Waals surface area contributed by atoms with E-state index in [1.54, 1.807) is 0 Å². The molecule has 0 bridgehead atoms. The van der Waals surface area contributed by atoms with Gasteiger partial charge in [-0.2, -0.15) is 0 Å². The third kappa shape index (κ3) is 5.10. The molecule has 0 N–H and O–H groups in total. The van der Waals surface area contributed by atoms with Crippen LogP contribution in [0.4, 0.5) is 0 Å². The van der Waals surface area contributed by atoms with Crippen molar-refractivity contribution < 1.29 is 0 Å². The summed E-state index contributed by atoms with van der Waals surface area (Å²) in [5.41, 5.74) is 11.2.